The van der Waals surface area contributed by atoms with Crippen molar-refractivity contribution in [3.63, 3.8) is 0 Å². The molecule has 0 aromatic heterocycles. The monoisotopic (exact) mass is 325 g/mol. The lowest BCUT2D eigenvalue weighted by atomic mass is 9.92. The van der Waals surface area contributed by atoms with Crippen LogP contribution in [-0.2, 0) is 4.79 Å². The standard InChI is InChI=1S/C17H33N3O.C2H6/c1-2-19-12-14-20(15-13-19)17(21)7-5-3-4-6-16-8-10-18-11-9-16;1-2/h16,18H,2-15H2,1H3;1-2H3. The molecule has 2 rings (SSSR count). The Morgan fingerprint density at radius 2 is 1.65 bits per heavy atom. The number of nitrogens with zero attached hydrogens (tertiary/aromatic N) is 2. The van der Waals surface area contributed by atoms with Gasteiger partial charge in [-0.15, -0.1) is 0 Å². The average Bonchev–Trinajstić information content (AvgIpc) is 2.64. The summed E-state index contributed by atoms with van der Waals surface area (Å²) in [5.41, 5.74) is 0. The van der Waals surface area contributed by atoms with E-state index in [9.17, 15) is 4.79 Å². The summed E-state index contributed by atoms with van der Waals surface area (Å²) < 4.78 is 0. The van der Waals surface area contributed by atoms with E-state index in [-0.39, 0.29) is 0 Å². The van der Waals surface area contributed by atoms with Gasteiger partial charge in [-0.3, -0.25) is 4.79 Å². The molecule has 1 amide bonds. The van der Waals surface area contributed by atoms with E-state index in [0.717, 1.165) is 51.5 Å². The molecule has 0 radical (unpaired) electrons. The second-order valence-corrected chi connectivity index (χ2v) is 6.61. The molecule has 2 aliphatic heterocycles. The van der Waals surface area contributed by atoms with Crippen molar-refractivity contribution in [3.8, 4) is 0 Å². The lowest BCUT2D eigenvalue weighted by Crippen LogP contribution is -2.48. The number of amides is 1. The molecule has 2 heterocycles. The van der Waals surface area contributed by atoms with Crippen molar-refractivity contribution in [2.24, 2.45) is 5.92 Å². The Kier molecular flexibility index (Phi) is 11.3. The van der Waals surface area contributed by atoms with Crippen molar-refractivity contribution >= 4 is 5.91 Å². The molecule has 0 aromatic rings. The summed E-state index contributed by atoms with van der Waals surface area (Å²) in [5.74, 6) is 1.32. The third-order valence-electron chi connectivity index (χ3n) is 5.13. The first-order valence-electron chi connectivity index (χ1n) is 10.0. The van der Waals surface area contributed by atoms with Crippen LogP contribution in [0, 0.1) is 5.92 Å². The maximum absolute atomic E-state index is 12.2. The van der Waals surface area contributed by atoms with E-state index in [1.807, 2.05) is 13.8 Å². The molecule has 2 saturated heterocycles. The van der Waals surface area contributed by atoms with Crippen molar-refractivity contribution in [1.82, 2.24) is 15.1 Å². The number of carbonyl (C=O) groups excluding carboxylic acids is 1. The highest BCUT2D eigenvalue weighted by atomic mass is 16.2. The maximum atomic E-state index is 12.2. The van der Waals surface area contributed by atoms with Gasteiger partial charge in [-0.1, -0.05) is 40.0 Å². The molecule has 0 aromatic carbocycles. The second-order valence-electron chi connectivity index (χ2n) is 6.61. The Bertz CT molecular complexity index is 295. The van der Waals surface area contributed by atoms with E-state index in [1.165, 1.54) is 45.2 Å². The van der Waals surface area contributed by atoms with Crippen LogP contribution in [0.1, 0.15) is 65.7 Å². The number of nitrogens with one attached hydrogen (secondary N) is 1. The summed E-state index contributed by atoms with van der Waals surface area (Å²) in [7, 11) is 0. The van der Waals surface area contributed by atoms with Gasteiger partial charge >= 0.3 is 0 Å². The van der Waals surface area contributed by atoms with Crippen LogP contribution in [0.4, 0.5) is 0 Å². The number of hydrogen-bond donors (Lipinski definition) is 1. The molecule has 0 atom stereocenters. The fourth-order valence-electron chi connectivity index (χ4n) is 3.53. The van der Waals surface area contributed by atoms with Crippen molar-refractivity contribution in [2.75, 3.05) is 45.8 Å². The molecule has 4 nitrogen and oxygen atoms in total. The molecule has 0 saturated carbocycles. The summed E-state index contributed by atoms with van der Waals surface area (Å²) in [5, 5.41) is 3.42. The molecule has 0 spiro atoms. The predicted octanol–water partition coefficient (Wildman–Crippen LogP) is 3.13. The van der Waals surface area contributed by atoms with Gasteiger partial charge in [-0.25, -0.2) is 0 Å². The van der Waals surface area contributed by atoms with Crippen molar-refractivity contribution in [3.05, 3.63) is 0 Å². The second kappa shape index (κ2) is 12.8. The van der Waals surface area contributed by atoms with Crippen LogP contribution in [-0.4, -0.2) is 61.5 Å². The fourth-order valence-corrected chi connectivity index (χ4v) is 3.53. The van der Waals surface area contributed by atoms with E-state index in [2.05, 4.69) is 22.0 Å². The van der Waals surface area contributed by atoms with Gasteiger partial charge in [0.05, 0.1) is 0 Å². The molecule has 4 heteroatoms. The lowest BCUT2D eigenvalue weighted by Gasteiger charge is -2.34. The highest BCUT2D eigenvalue weighted by Crippen LogP contribution is 2.19. The van der Waals surface area contributed by atoms with Gasteiger partial charge in [0.1, 0.15) is 0 Å². The number of carbonyl (C=O) groups is 1. The van der Waals surface area contributed by atoms with Crippen LogP contribution < -0.4 is 5.32 Å². The number of piperazine rings is 1. The summed E-state index contributed by atoms with van der Waals surface area (Å²) >= 11 is 0. The lowest BCUT2D eigenvalue weighted by molar-refractivity contribution is -0.133. The van der Waals surface area contributed by atoms with E-state index >= 15 is 0 Å². The van der Waals surface area contributed by atoms with Crippen LogP contribution in [0.15, 0.2) is 0 Å². The van der Waals surface area contributed by atoms with Crippen molar-refractivity contribution in [2.45, 2.75) is 65.7 Å². The normalized spacial score (nSPS) is 20.0. The minimum atomic E-state index is 0.382. The minimum Gasteiger partial charge on any atom is -0.340 e. The van der Waals surface area contributed by atoms with Gasteiger partial charge in [0.25, 0.3) is 0 Å². The molecule has 0 bridgehead atoms. The van der Waals surface area contributed by atoms with Crippen LogP contribution in [0.2, 0.25) is 0 Å². The maximum Gasteiger partial charge on any atom is 0.222 e. The van der Waals surface area contributed by atoms with E-state index in [0.29, 0.717) is 5.91 Å². The number of piperidine rings is 1. The zero-order valence-corrected chi connectivity index (χ0v) is 15.8. The SMILES string of the molecule is CC.CCN1CCN(C(=O)CCCCCC2CCNCC2)CC1. The first kappa shape index (κ1) is 20.4. The van der Waals surface area contributed by atoms with Gasteiger partial charge in [0.15, 0.2) is 0 Å². The molecule has 0 unspecified atom stereocenters. The van der Waals surface area contributed by atoms with Gasteiger partial charge in [-0.05, 0) is 44.8 Å². The number of likely N-dealkylation sites (N-methyl/N-ethyl adjacent to an activating group) is 1. The molecule has 1 N–H and O–H groups in total. The summed E-state index contributed by atoms with van der Waals surface area (Å²) in [4.78, 5) is 16.6. The highest BCUT2D eigenvalue weighted by molar-refractivity contribution is 5.76. The van der Waals surface area contributed by atoms with Crippen molar-refractivity contribution < 1.29 is 4.79 Å². The Hall–Kier alpha value is -0.610. The smallest absolute Gasteiger partial charge is 0.222 e. The van der Waals surface area contributed by atoms with E-state index in [1.54, 1.807) is 0 Å². The molecule has 2 fully saturated rings. The minimum absolute atomic E-state index is 0.382. The van der Waals surface area contributed by atoms with E-state index in [4.69, 9.17) is 0 Å². The first-order chi connectivity index (χ1) is 11.3. The third-order valence-corrected chi connectivity index (χ3v) is 5.13. The number of unbranched alkanes of at least 4 members (excludes halogenated alkanes) is 2. The summed E-state index contributed by atoms with van der Waals surface area (Å²) in [6, 6.07) is 0. The van der Waals surface area contributed by atoms with Crippen LogP contribution >= 0.6 is 0 Å². The Balaban J connectivity index is 0.00000127. The van der Waals surface area contributed by atoms with Gasteiger partial charge in [-0.2, -0.15) is 0 Å². The Labute approximate surface area is 144 Å². The fraction of sp³-hybridized carbons (Fsp3) is 0.947. The summed E-state index contributed by atoms with van der Waals surface area (Å²) in [6.07, 6.45) is 8.44. The van der Waals surface area contributed by atoms with E-state index < -0.39 is 0 Å². The topological polar surface area (TPSA) is 35.6 Å². The molecular formula is C19H39N3O. The Morgan fingerprint density at radius 3 is 2.26 bits per heavy atom. The zero-order chi connectivity index (χ0) is 16.9. The molecular weight excluding hydrogens is 286 g/mol. The highest BCUT2D eigenvalue weighted by Gasteiger charge is 2.19. The molecule has 23 heavy (non-hydrogen) atoms. The van der Waals surface area contributed by atoms with Gasteiger partial charge in [0.2, 0.25) is 5.91 Å². The third kappa shape index (κ3) is 8.16. The quantitative estimate of drug-likeness (QED) is 0.731. The van der Waals surface area contributed by atoms with Crippen LogP contribution in [0.3, 0.4) is 0 Å². The molecule has 0 aliphatic carbocycles. The Morgan fingerprint density at radius 1 is 1.00 bits per heavy atom. The molecule has 2 aliphatic rings. The van der Waals surface area contributed by atoms with Gasteiger partial charge < -0.3 is 15.1 Å². The van der Waals surface area contributed by atoms with Crippen LogP contribution in [0.25, 0.3) is 0 Å². The number of hydrogen-bond acceptors (Lipinski definition) is 3. The molecule has 136 valence electrons. The summed E-state index contributed by atoms with van der Waals surface area (Å²) in [6.45, 7) is 13.7. The largest absolute Gasteiger partial charge is 0.340 e. The first-order valence-corrected chi connectivity index (χ1v) is 10.0. The van der Waals surface area contributed by atoms with Gasteiger partial charge in [0, 0.05) is 32.6 Å². The van der Waals surface area contributed by atoms with Crippen LogP contribution in [0.5, 0.6) is 0 Å². The number of rotatable bonds is 7. The zero-order valence-electron chi connectivity index (χ0n) is 15.8. The van der Waals surface area contributed by atoms with Crippen molar-refractivity contribution in [1.29, 1.82) is 0 Å². The predicted molar refractivity (Wildman–Crippen MR) is 98.7 cm³/mol. The average molecular weight is 326 g/mol.